The van der Waals surface area contributed by atoms with E-state index in [1.54, 1.807) is 0 Å². The number of nitrogen functional groups attached to an aromatic ring is 1. The van der Waals surface area contributed by atoms with Gasteiger partial charge in [0.1, 0.15) is 0 Å². The molecule has 0 aromatic heterocycles. The van der Waals surface area contributed by atoms with E-state index in [1.165, 1.54) is 48.8 Å². The van der Waals surface area contributed by atoms with E-state index in [-0.39, 0.29) is 0 Å². The van der Waals surface area contributed by atoms with Gasteiger partial charge in [-0.05, 0) is 94.2 Å². The van der Waals surface area contributed by atoms with Crippen LogP contribution in [0.5, 0.6) is 0 Å². The van der Waals surface area contributed by atoms with Gasteiger partial charge in [-0.2, -0.15) is 0 Å². The van der Waals surface area contributed by atoms with E-state index in [4.69, 9.17) is 10.7 Å². The zero-order valence-electron chi connectivity index (χ0n) is 18.9. The van der Waals surface area contributed by atoms with E-state index >= 15 is 0 Å². The largest absolute Gasteiger partial charge is 0.399 e. The molecule has 29 heavy (non-hydrogen) atoms. The molecule has 0 atom stereocenters. The van der Waals surface area contributed by atoms with Gasteiger partial charge < -0.3 is 11.1 Å². The summed E-state index contributed by atoms with van der Waals surface area (Å²) in [4.78, 5) is 4.91. The lowest BCUT2D eigenvalue weighted by atomic mass is 9.95. The summed E-state index contributed by atoms with van der Waals surface area (Å²) in [6.45, 7) is 16.8. The van der Waals surface area contributed by atoms with Gasteiger partial charge in [0.25, 0.3) is 0 Å². The van der Waals surface area contributed by atoms with E-state index in [2.05, 4.69) is 44.5 Å². The molecule has 1 saturated carbocycles. The fraction of sp³-hybridized carbons (Fsp3) is 0.500. The molecule has 0 radical (unpaired) electrons. The average molecular weight is 394 g/mol. The van der Waals surface area contributed by atoms with Crippen LogP contribution < -0.4 is 11.1 Å². The summed E-state index contributed by atoms with van der Waals surface area (Å²) >= 11 is 0. The van der Waals surface area contributed by atoms with E-state index < -0.39 is 0 Å². The summed E-state index contributed by atoms with van der Waals surface area (Å²) in [6.07, 6.45) is 9.53. The van der Waals surface area contributed by atoms with Crippen LogP contribution in [0.4, 0.5) is 5.69 Å². The Morgan fingerprint density at radius 2 is 1.83 bits per heavy atom. The first-order chi connectivity index (χ1) is 13.8. The number of nitrogens with two attached hydrogens (primary N) is 1. The van der Waals surface area contributed by atoms with Crippen molar-refractivity contribution in [3.8, 4) is 0 Å². The molecule has 2 rings (SSSR count). The highest BCUT2D eigenvalue weighted by atomic mass is 15.0. The molecule has 3 heteroatoms. The van der Waals surface area contributed by atoms with Crippen molar-refractivity contribution in [1.29, 1.82) is 0 Å². The predicted octanol–water partition coefficient (Wildman–Crippen LogP) is 6.65. The summed E-state index contributed by atoms with van der Waals surface area (Å²) in [5.74, 6) is 0. The smallest absolute Gasteiger partial charge is 0.0646 e. The summed E-state index contributed by atoms with van der Waals surface area (Å²) in [5.41, 5.74) is 14.6. The molecule has 0 spiro atoms. The number of nitrogens with one attached hydrogen (secondary N) is 1. The number of hydrogen-bond donors (Lipinski definition) is 2. The number of aryl methyl sites for hydroxylation is 2. The molecule has 3 N–H and O–H groups in total. The van der Waals surface area contributed by atoms with Crippen molar-refractivity contribution in [3.05, 3.63) is 65.0 Å². The minimum atomic E-state index is 0.543. The van der Waals surface area contributed by atoms with Crippen molar-refractivity contribution in [2.45, 2.75) is 85.1 Å². The van der Waals surface area contributed by atoms with Crippen LogP contribution in [0.15, 0.2) is 58.9 Å². The molecule has 0 saturated heterocycles. The molecule has 0 amide bonds. The summed E-state index contributed by atoms with van der Waals surface area (Å²) in [6, 6.07) is 6.71. The van der Waals surface area contributed by atoms with Crippen molar-refractivity contribution >= 4 is 11.4 Å². The Kier molecular flexibility index (Phi) is 8.75. The Bertz CT molecular complexity index is 792. The maximum atomic E-state index is 5.94. The Hall–Kier alpha value is -2.29. The number of nitrogens with zero attached hydrogens (tertiary/aromatic N) is 1. The first-order valence-corrected chi connectivity index (χ1v) is 11.0. The van der Waals surface area contributed by atoms with Gasteiger partial charge in [0.2, 0.25) is 0 Å². The van der Waals surface area contributed by atoms with Crippen molar-refractivity contribution in [1.82, 2.24) is 5.32 Å². The standard InChI is InChI=1S/C26H39N3/c1-18(2)26(29-22(6)21(5)28-25-13-8-7-9-14-25)20(4)11-10-12-23-17-24(27)16-15-19(23)3/h15-17,25,28H,1,5,7-14,27H2,2-4,6H3/b26-20-,29-22?. The number of rotatable bonds is 9. The predicted molar refractivity (Wildman–Crippen MR) is 128 cm³/mol. The van der Waals surface area contributed by atoms with Gasteiger partial charge in [-0.1, -0.05) is 38.5 Å². The van der Waals surface area contributed by atoms with Gasteiger partial charge >= 0.3 is 0 Å². The maximum absolute atomic E-state index is 5.94. The highest BCUT2D eigenvalue weighted by molar-refractivity contribution is 5.98. The molecule has 1 aromatic carbocycles. The van der Waals surface area contributed by atoms with Crippen LogP contribution in [0.25, 0.3) is 0 Å². The quantitative estimate of drug-likeness (QED) is 0.280. The lowest BCUT2D eigenvalue weighted by Crippen LogP contribution is -2.32. The zero-order chi connectivity index (χ0) is 21.4. The molecule has 0 heterocycles. The van der Waals surface area contributed by atoms with Crippen LogP contribution >= 0.6 is 0 Å². The highest BCUT2D eigenvalue weighted by Gasteiger charge is 2.14. The summed E-state index contributed by atoms with van der Waals surface area (Å²) in [7, 11) is 0. The lowest BCUT2D eigenvalue weighted by molar-refractivity contribution is 0.401. The maximum Gasteiger partial charge on any atom is 0.0646 e. The Morgan fingerprint density at radius 1 is 1.14 bits per heavy atom. The fourth-order valence-electron chi connectivity index (χ4n) is 4.01. The molecular weight excluding hydrogens is 354 g/mol. The van der Waals surface area contributed by atoms with Gasteiger partial charge in [0.05, 0.1) is 11.4 Å². The van der Waals surface area contributed by atoms with E-state index in [1.807, 2.05) is 19.9 Å². The number of hydrogen-bond acceptors (Lipinski definition) is 3. The SMILES string of the molecule is C=C(NC1CCCCC1)C(C)=N/C(C(=C)C)=C(/C)CCCc1cc(N)ccc1C. The van der Waals surface area contributed by atoms with Gasteiger partial charge in [0.15, 0.2) is 0 Å². The molecule has 1 aliphatic carbocycles. The molecule has 1 aliphatic rings. The zero-order valence-corrected chi connectivity index (χ0v) is 18.9. The minimum absolute atomic E-state index is 0.543. The Labute approximate surface area is 177 Å². The highest BCUT2D eigenvalue weighted by Crippen LogP contribution is 2.23. The Balaban J connectivity index is 2.02. The third-order valence-corrected chi connectivity index (χ3v) is 5.88. The van der Waals surface area contributed by atoms with Crippen LogP contribution in [-0.4, -0.2) is 11.8 Å². The van der Waals surface area contributed by atoms with Crippen LogP contribution in [0, 0.1) is 6.92 Å². The molecular formula is C26H39N3. The molecule has 0 unspecified atom stereocenters. The third-order valence-electron chi connectivity index (χ3n) is 5.88. The second-order valence-corrected chi connectivity index (χ2v) is 8.60. The first kappa shape index (κ1) is 23.0. The van der Waals surface area contributed by atoms with Crippen LogP contribution in [0.1, 0.15) is 76.8 Å². The minimum Gasteiger partial charge on any atom is -0.399 e. The molecule has 1 fully saturated rings. The molecule has 0 bridgehead atoms. The average Bonchev–Trinajstić information content (AvgIpc) is 2.68. The van der Waals surface area contributed by atoms with Crippen molar-refractivity contribution in [2.24, 2.45) is 4.99 Å². The second kappa shape index (κ2) is 11.0. The Morgan fingerprint density at radius 3 is 2.48 bits per heavy atom. The normalized spacial score (nSPS) is 16.3. The van der Waals surface area contributed by atoms with Crippen molar-refractivity contribution in [2.75, 3.05) is 5.73 Å². The topological polar surface area (TPSA) is 50.4 Å². The van der Waals surface area contributed by atoms with E-state index in [0.717, 1.165) is 47.6 Å². The number of benzene rings is 1. The summed E-state index contributed by atoms with van der Waals surface area (Å²) in [5, 5.41) is 3.59. The van der Waals surface area contributed by atoms with Gasteiger partial charge in [-0.3, -0.25) is 4.99 Å². The first-order valence-electron chi connectivity index (χ1n) is 11.0. The van der Waals surface area contributed by atoms with Gasteiger partial charge in [-0.25, -0.2) is 0 Å². The van der Waals surface area contributed by atoms with Gasteiger partial charge in [-0.15, -0.1) is 0 Å². The van der Waals surface area contributed by atoms with Crippen LogP contribution in [0.3, 0.4) is 0 Å². The number of aliphatic imine (C=N–C) groups is 1. The molecule has 158 valence electrons. The molecule has 1 aromatic rings. The third kappa shape index (κ3) is 7.23. The van der Waals surface area contributed by atoms with Crippen molar-refractivity contribution < 1.29 is 0 Å². The van der Waals surface area contributed by atoms with Crippen LogP contribution in [0.2, 0.25) is 0 Å². The molecule has 0 aliphatic heterocycles. The number of anilines is 1. The van der Waals surface area contributed by atoms with E-state index in [9.17, 15) is 0 Å². The van der Waals surface area contributed by atoms with Crippen molar-refractivity contribution in [3.63, 3.8) is 0 Å². The number of allylic oxidation sites excluding steroid dienone is 3. The second-order valence-electron chi connectivity index (χ2n) is 8.60. The molecule has 3 nitrogen and oxygen atoms in total. The summed E-state index contributed by atoms with van der Waals surface area (Å²) < 4.78 is 0. The lowest BCUT2D eigenvalue weighted by Gasteiger charge is -2.25. The van der Waals surface area contributed by atoms with Crippen LogP contribution in [-0.2, 0) is 6.42 Å². The van der Waals surface area contributed by atoms with Gasteiger partial charge in [0, 0.05) is 17.4 Å². The fourth-order valence-corrected chi connectivity index (χ4v) is 4.01. The van der Waals surface area contributed by atoms with E-state index in [0.29, 0.717) is 6.04 Å². The monoisotopic (exact) mass is 393 g/mol.